The van der Waals surface area contributed by atoms with Crippen LogP contribution in [-0.2, 0) is 17.0 Å². The van der Waals surface area contributed by atoms with Crippen molar-refractivity contribution in [1.82, 2.24) is 4.90 Å². The average molecular weight is 475 g/mol. The molecule has 0 saturated heterocycles. The Kier molecular flexibility index (Phi) is 5.94. The van der Waals surface area contributed by atoms with E-state index < -0.39 is 10.6 Å². The second-order valence-corrected chi connectivity index (χ2v) is 8.96. The number of carbonyl (C=O) groups is 1. The molecule has 0 bridgehead atoms. The molecule has 2 atom stereocenters. The first-order chi connectivity index (χ1) is 16.5. The number of hydrogen-bond acceptors (Lipinski definition) is 4. The van der Waals surface area contributed by atoms with Gasteiger partial charge < -0.3 is 4.74 Å². The summed E-state index contributed by atoms with van der Waals surface area (Å²) in [5.41, 5.74) is 1.78. The van der Waals surface area contributed by atoms with E-state index >= 15 is 0 Å². The topological polar surface area (TPSA) is 72.7 Å². The molecule has 2 unspecified atom stereocenters. The summed E-state index contributed by atoms with van der Waals surface area (Å²) < 4.78 is 6.88. The monoisotopic (exact) mass is 474 g/mol. The molecule has 1 amide bonds. The van der Waals surface area contributed by atoms with Crippen LogP contribution >= 0.6 is 11.6 Å². The Bertz CT molecular complexity index is 1260. The van der Waals surface area contributed by atoms with Crippen LogP contribution in [-0.4, -0.2) is 21.8 Å². The molecule has 0 radical (unpaired) electrons. The number of carbonyl (C=O) groups excluding carboxylic acids is 1. The highest BCUT2D eigenvalue weighted by atomic mass is 35.5. The second-order valence-electron chi connectivity index (χ2n) is 8.53. The number of nitro groups is 1. The molecule has 0 spiro atoms. The average Bonchev–Trinajstić information content (AvgIpc) is 3.09. The smallest absolute Gasteiger partial charge is 0.269 e. The van der Waals surface area contributed by atoms with E-state index in [-0.39, 0.29) is 24.2 Å². The van der Waals surface area contributed by atoms with Crippen LogP contribution in [0.3, 0.4) is 0 Å². The van der Waals surface area contributed by atoms with Gasteiger partial charge in [-0.1, -0.05) is 66.2 Å². The molecule has 2 aliphatic rings. The normalized spacial score (nSPS) is 21.5. The molecular formula is C27H23ClN2O4. The van der Waals surface area contributed by atoms with Crippen LogP contribution in [0.15, 0.2) is 84.9 Å². The molecule has 5 rings (SSSR count). The van der Waals surface area contributed by atoms with Crippen molar-refractivity contribution in [2.45, 2.75) is 37.6 Å². The van der Waals surface area contributed by atoms with Crippen molar-refractivity contribution in [1.29, 1.82) is 0 Å². The molecule has 7 heteroatoms. The lowest BCUT2D eigenvalue weighted by molar-refractivity contribution is -0.384. The highest BCUT2D eigenvalue weighted by Gasteiger charge is 2.53. The Morgan fingerprint density at radius 2 is 1.79 bits per heavy atom. The number of benzene rings is 3. The Morgan fingerprint density at radius 1 is 1.06 bits per heavy atom. The molecular weight excluding hydrogens is 452 g/mol. The summed E-state index contributed by atoms with van der Waals surface area (Å²) in [6, 6.07) is 21.2. The molecule has 3 aromatic rings. The number of nitro benzene ring substituents is 1. The van der Waals surface area contributed by atoms with Crippen molar-refractivity contribution in [3.8, 4) is 0 Å². The van der Waals surface area contributed by atoms with Crippen molar-refractivity contribution in [2.75, 3.05) is 0 Å². The fourth-order valence-corrected chi connectivity index (χ4v) is 4.89. The number of amides is 1. The highest BCUT2D eigenvalue weighted by molar-refractivity contribution is 6.30. The third kappa shape index (κ3) is 3.89. The minimum Gasteiger partial charge on any atom is -0.340 e. The second kappa shape index (κ2) is 9.05. The molecule has 172 valence electrons. The van der Waals surface area contributed by atoms with Gasteiger partial charge in [0.25, 0.3) is 11.6 Å². The van der Waals surface area contributed by atoms with E-state index in [1.165, 1.54) is 12.1 Å². The Hall–Kier alpha value is -3.48. The van der Waals surface area contributed by atoms with Gasteiger partial charge in [-0.25, -0.2) is 0 Å². The van der Waals surface area contributed by atoms with Gasteiger partial charge in [-0.15, -0.1) is 0 Å². The zero-order chi connectivity index (χ0) is 23.7. The van der Waals surface area contributed by atoms with E-state index in [9.17, 15) is 14.9 Å². The summed E-state index contributed by atoms with van der Waals surface area (Å²) in [6.07, 6.45) is 6.89. The van der Waals surface area contributed by atoms with Gasteiger partial charge in [-0.3, -0.25) is 19.8 Å². The Labute approximate surface area is 202 Å². The molecule has 0 saturated carbocycles. The van der Waals surface area contributed by atoms with E-state index in [1.54, 1.807) is 29.2 Å². The summed E-state index contributed by atoms with van der Waals surface area (Å²) in [6.45, 7) is 0.227. The lowest BCUT2D eigenvalue weighted by Gasteiger charge is -2.42. The van der Waals surface area contributed by atoms with Crippen LogP contribution in [0.4, 0.5) is 5.69 Å². The number of hydrogen-bond donors (Lipinski definition) is 0. The van der Waals surface area contributed by atoms with Gasteiger partial charge in [0, 0.05) is 40.4 Å². The Balaban J connectivity index is 1.66. The summed E-state index contributed by atoms with van der Waals surface area (Å²) in [4.78, 5) is 26.2. The summed E-state index contributed by atoms with van der Waals surface area (Å²) >= 11 is 6.20. The van der Waals surface area contributed by atoms with Gasteiger partial charge in [0.2, 0.25) is 0 Å². The van der Waals surface area contributed by atoms with Gasteiger partial charge in [-0.05, 0) is 43.0 Å². The fraction of sp³-hybridized carbons (Fsp3) is 0.222. The number of allylic oxidation sites excluding steroid dienone is 1. The first-order valence-corrected chi connectivity index (χ1v) is 11.6. The maximum absolute atomic E-state index is 13.8. The van der Waals surface area contributed by atoms with E-state index in [2.05, 4.69) is 12.2 Å². The standard InChI is InChI=1S/C27H23ClN2O4/c28-21-14-12-20(13-15-21)27(34-23-6-2-1-3-7-23)25-9-5-4-8-24(25)26(31)29(27)18-19-10-16-22(17-11-19)30(32)33/h2,4-6,8-17,23H,1,3,7,18H2. The summed E-state index contributed by atoms with van der Waals surface area (Å²) in [7, 11) is 0. The third-order valence-corrected chi connectivity index (χ3v) is 6.66. The number of halogens is 1. The highest BCUT2D eigenvalue weighted by Crippen LogP contribution is 2.47. The molecule has 6 nitrogen and oxygen atoms in total. The van der Waals surface area contributed by atoms with Crippen molar-refractivity contribution in [3.63, 3.8) is 0 Å². The minimum atomic E-state index is -1.16. The first kappa shape index (κ1) is 22.3. The van der Waals surface area contributed by atoms with Gasteiger partial charge in [0.15, 0.2) is 5.72 Å². The number of rotatable bonds is 6. The fourth-order valence-electron chi connectivity index (χ4n) is 4.77. The van der Waals surface area contributed by atoms with Crippen molar-refractivity contribution in [2.24, 2.45) is 0 Å². The molecule has 1 aliphatic heterocycles. The summed E-state index contributed by atoms with van der Waals surface area (Å²) in [5.74, 6) is -0.149. The SMILES string of the molecule is O=C1c2ccccc2C(OC2C=CCCC2)(c2ccc(Cl)cc2)N1Cc1ccc([N+](=O)[O-])cc1. The summed E-state index contributed by atoms with van der Waals surface area (Å²) in [5, 5.41) is 11.7. The number of nitrogens with zero attached hydrogens (tertiary/aromatic N) is 2. The van der Waals surface area contributed by atoms with E-state index in [0.29, 0.717) is 10.6 Å². The quantitative estimate of drug-likeness (QED) is 0.241. The molecule has 0 fully saturated rings. The van der Waals surface area contributed by atoms with Crippen molar-refractivity contribution in [3.05, 3.63) is 122 Å². The lowest BCUT2D eigenvalue weighted by Crippen LogP contribution is -2.48. The zero-order valence-electron chi connectivity index (χ0n) is 18.4. The van der Waals surface area contributed by atoms with E-state index in [4.69, 9.17) is 16.3 Å². The number of non-ortho nitro benzene ring substituents is 1. The van der Waals surface area contributed by atoms with Gasteiger partial charge in [0.05, 0.1) is 11.0 Å². The van der Waals surface area contributed by atoms with Crippen LogP contribution in [0.2, 0.25) is 5.02 Å². The van der Waals surface area contributed by atoms with Crippen LogP contribution < -0.4 is 0 Å². The Morgan fingerprint density at radius 3 is 2.47 bits per heavy atom. The maximum Gasteiger partial charge on any atom is 0.269 e. The largest absolute Gasteiger partial charge is 0.340 e. The zero-order valence-corrected chi connectivity index (χ0v) is 19.1. The van der Waals surface area contributed by atoms with Crippen LogP contribution in [0.5, 0.6) is 0 Å². The van der Waals surface area contributed by atoms with Crippen molar-refractivity contribution >= 4 is 23.2 Å². The van der Waals surface area contributed by atoms with Gasteiger partial charge >= 0.3 is 0 Å². The molecule has 34 heavy (non-hydrogen) atoms. The van der Waals surface area contributed by atoms with Gasteiger partial charge in [-0.2, -0.15) is 0 Å². The predicted molar refractivity (Wildman–Crippen MR) is 130 cm³/mol. The van der Waals surface area contributed by atoms with Crippen LogP contribution in [0.1, 0.15) is 46.3 Å². The molecule has 0 aromatic heterocycles. The predicted octanol–water partition coefficient (Wildman–Crippen LogP) is 6.23. The van der Waals surface area contributed by atoms with Crippen molar-refractivity contribution < 1.29 is 14.5 Å². The van der Waals surface area contributed by atoms with Crippen LogP contribution in [0, 0.1) is 10.1 Å². The molecule has 3 aromatic carbocycles. The maximum atomic E-state index is 13.8. The molecule has 0 N–H and O–H groups in total. The van der Waals surface area contributed by atoms with Gasteiger partial charge in [0.1, 0.15) is 0 Å². The minimum absolute atomic E-state index is 0.00680. The van der Waals surface area contributed by atoms with Crippen LogP contribution in [0.25, 0.3) is 0 Å². The molecule has 1 aliphatic carbocycles. The number of fused-ring (bicyclic) bond motifs is 1. The first-order valence-electron chi connectivity index (χ1n) is 11.2. The third-order valence-electron chi connectivity index (χ3n) is 6.40. The van der Waals surface area contributed by atoms with E-state index in [0.717, 1.165) is 36.0 Å². The molecule has 1 heterocycles. The lowest BCUT2D eigenvalue weighted by atomic mass is 9.92. The van der Waals surface area contributed by atoms with E-state index in [1.807, 2.05) is 36.4 Å². The number of ether oxygens (including phenoxy) is 1.